The number of hydrogen-bond acceptors (Lipinski definition) is 4. The molecule has 0 fully saturated rings. The first-order valence-corrected chi connectivity index (χ1v) is 9.49. The number of carbonyl (C=O) groups excluding carboxylic acids is 1. The quantitative estimate of drug-likeness (QED) is 0.418. The van der Waals surface area contributed by atoms with Crippen molar-refractivity contribution in [3.63, 3.8) is 0 Å². The molecule has 0 spiro atoms. The molecule has 1 N–H and O–H groups in total. The first kappa shape index (κ1) is 18.6. The zero-order valence-corrected chi connectivity index (χ0v) is 16.3. The Labute approximate surface area is 168 Å². The number of benzene rings is 2. The van der Waals surface area contributed by atoms with Crippen molar-refractivity contribution in [3.05, 3.63) is 89.2 Å². The fraction of sp³-hybridized carbons (Fsp3) is 0.130. The van der Waals surface area contributed by atoms with Crippen molar-refractivity contribution in [2.24, 2.45) is 5.10 Å². The van der Waals surface area contributed by atoms with Crippen LogP contribution >= 0.6 is 0 Å². The minimum Gasteiger partial charge on any atom is -0.267 e. The third-order valence-electron chi connectivity index (χ3n) is 4.73. The lowest BCUT2D eigenvalue weighted by Gasteiger charge is -2.05. The predicted octanol–water partition coefficient (Wildman–Crippen LogP) is 4.03. The molecule has 0 aliphatic rings. The first-order valence-electron chi connectivity index (χ1n) is 9.49. The number of nitrogens with one attached hydrogen (secondary N) is 1. The molecule has 29 heavy (non-hydrogen) atoms. The van der Waals surface area contributed by atoms with Gasteiger partial charge in [0, 0.05) is 11.3 Å². The summed E-state index contributed by atoms with van der Waals surface area (Å²) in [7, 11) is 0. The predicted molar refractivity (Wildman–Crippen MR) is 114 cm³/mol. The Morgan fingerprint density at radius 3 is 2.62 bits per heavy atom. The van der Waals surface area contributed by atoms with Crippen LogP contribution in [0.4, 0.5) is 0 Å². The zero-order chi connectivity index (χ0) is 20.2. The van der Waals surface area contributed by atoms with Crippen LogP contribution in [0.15, 0.2) is 72.0 Å². The molecule has 4 rings (SSSR count). The highest BCUT2D eigenvalue weighted by Gasteiger charge is 2.16. The van der Waals surface area contributed by atoms with Gasteiger partial charge in [-0.25, -0.2) is 14.9 Å². The number of aromatic nitrogens is 3. The van der Waals surface area contributed by atoms with Crippen molar-refractivity contribution in [3.8, 4) is 11.3 Å². The van der Waals surface area contributed by atoms with Gasteiger partial charge in [0.1, 0.15) is 5.56 Å². The highest BCUT2D eigenvalue weighted by atomic mass is 16.2. The second-order valence-corrected chi connectivity index (χ2v) is 6.74. The maximum Gasteiger partial charge on any atom is 0.276 e. The maximum absolute atomic E-state index is 12.7. The molecule has 0 aliphatic heterocycles. The number of aryl methyl sites for hydroxylation is 2. The van der Waals surface area contributed by atoms with Gasteiger partial charge in [-0.3, -0.25) is 4.79 Å². The highest BCUT2D eigenvalue weighted by Crippen LogP contribution is 2.20. The van der Waals surface area contributed by atoms with Crippen molar-refractivity contribution < 1.29 is 4.79 Å². The van der Waals surface area contributed by atoms with Gasteiger partial charge in [0.2, 0.25) is 0 Å². The number of fused-ring (bicyclic) bond motifs is 1. The van der Waals surface area contributed by atoms with Gasteiger partial charge >= 0.3 is 0 Å². The fourth-order valence-corrected chi connectivity index (χ4v) is 3.10. The van der Waals surface area contributed by atoms with Gasteiger partial charge in [0.25, 0.3) is 5.91 Å². The minimum absolute atomic E-state index is 0.349. The van der Waals surface area contributed by atoms with E-state index in [4.69, 9.17) is 0 Å². The molecule has 2 aromatic carbocycles. The molecule has 0 saturated carbocycles. The summed E-state index contributed by atoms with van der Waals surface area (Å²) >= 11 is 0. The van der Waals surface area contributed by atoms with E-state index in [0.717, 1.165) is 28.9 Å². The third kappa shape index (κ3) is 3.91. The van der Waals surface area contributed by atoms with Crippen LogP contribution in [0.1, 0.15) is 34.1 Å². The lowest BCUT2D eigenvalue weighted by molar-refractivity contribution is 0.0956. The molecule has 6 nitrogen and oxygen atoms in total. The van der Waals surface area contributed by atoms with Crippen LogP contribution in [0.25, 0.3) is 16.9 Å². The van der Waals surface area contributed by atoms with Crippen LogP contribution in [-0.4, -0.2) is 26.7 Å². The summed E-state index contributed by atoms with van der Waals surface area (Å²) in [5.74, 6) is -0.349. The molecule has 0 aliphatic carbocycles. The van der Waals surface area contributed by atoms with Gasteiger partial charge in [-0.05, 0) is 30.5 Å². The average molecular weight is 383 g/mol. The molecule has 0 saturated heterocycles. The van der Waals surface area contributed by atoms with Crippen molar-refractivity contribution in [2.45, 2.75) is 20.3 Å². The van der Waals surface area contributed by atoms with Gasteiger partial charge in [0.15, 0.2) is 5.65 Å². The van der Waals surface area contributed by atoms with E-state index in [0.29, 0.717) is 11.2 Å². The van der Waals surface area contributed by atoms with E-state index >= 15 is 0 Å². The molecule has 144 valence electrons. The van der Waals surface area contributed by atoms with Crippen molar-refractivity contribution >= 4 is 17.8 Å². The number of hydrogen-bond donors (Lipinski definition) is 1. The second kappa shape index (κ2) is 8.06. The number of carbonyl (C=O) groups is 1. The van der Waals surface area contributed by atoms with Crippen LogP contribution in [-0.2, 0) is 6.42 Å². The molecule has 0 radical (unpaired) electrons. The number of amides is 1. The maximum atomic E-state index is 12.7. The number of rotatable bonds is 5. The van der Waals surface area contributed by atoms with Crippen molar-refractivity contribution in [1.82, 2.24) is 20.0 Å². The van der Waals surface area contributed by atoms with E-state index in [1.165, 1.54) is 11.8 Å². The van der Waals surface area contributed by atoms with Crippen LogP contribution in [0.3, 0.4) is 0 Å². The van der Waals surface area contributed by atoms with E-state index in [1.54, 1.807) is 10.7 Å². The Bertz CT molecular complexity index is 1180. The van der Waals surface area contributed by atoms with E-state index in [1.807, 2.05) is 67.6 Å². The van der Waals surface area contributed by atoms with E-state index < -0.39 is 0 Å². The second-order valence-electron chi connectivity index (χ2n) is 6.74. The molecule has 0 unspecified atom stereocenters. The van der Waals surface area contributed by atoms with Crippen LogP contribution in [0.2, 0.25) is 0 Å². The van der Waals surface area contributed by atoms with Gasteiger partial charge in [0.05, 0.1) is 18.1 Å². The first-order chi connectivity index (χ1) is 14.2. The summed E-state index contributed by atoms with van der Waals surface area (Å²) < 4.78 is 1.66. The van der Waals surface area contributed by atoms with E-state index in [9.17, 15) is 4.79 Å². The lowest BCUT2D eigenvalue weighted by Crippen LogP contribution is -2.17. The standard InChI is InChI=1S/C23H21N5O/c1-3-17-9-11-18(12-10-17)14-24-27-23(29)20-15-25-28-16(2)13-21(26-22(20)28)19-7-5-4-6-8-19/h4-15H,3H2,1-2H3,(H,27,29). The Balaban J connectivity index is 1.58. The normalized spacial score (nSPS) is 11.2. The van der Waals surface area contributed by atoms with E-state index in [-0.39, 0.29) is 5.91 Å². The number of hydrazone groups is 1. The molecular formula is C23H21N5O. The molecule has 2 heterocycles. The summed E-state index contributed by atoms with van der Waals surface area (Å²) in [5, 5.41) is 8.37. The van der Waals surface area contributed by atoms with Crippen molar-refractivity contribution in [1.29, 1.82) is 0 Å². The number of nitrogens with zero attached hydrogens (tertiary/aromatic N) is 4. The monoisotopic (exact) mass is 383 g/mol. The topological polar surface area (TPSA) is 71.7 Å². The molecular weight excluding hydrogens is 362 g/mol. The smallest absolute Gasteiger partial charge is 0.267 e. The summed E-state index contributed by atoms with van der Waals surface area (Å²) in [6.45, 7) is 4.05. The van der Waals surface area contributed by atoms with E-state index in [2.05, 4.69) is 27.5 Å². The largest absolute Gasteiger partial charge is 0.276 e. The Kier molecular flexibility index (Phi) is 5.16. The Hall–Kier alpha value is -3.80. The summed E-state index contributed by atoms with van der Waals surface area (Å²) in [4.78, 5) is 17.3. The van der Waals surface area contributed by atoms with Crippen LogP contribution in [0, 0.1) is 6.92 Å². The van der Waals surface area contributed by atoms with Crippen LogP contribution < -0.4 is 5.43 Å². The SMILES string of the molecule is CCc1ccc(C=NNC(=O)c2cnn3c(C)cc(-c4ccccc4)nc23)cc1. The highest BCUT2D eigenvalue weighted by molar-refractivity contribution is 6.00. The summed E-state index contributed by atoms with van der Waals surface area (Å²) in [6, 6.07) is 19.9. The zero-order valence-electron chi connectivity index (χ0n) is 16.3. The Morgan fingerprint density at radius 1 is 1.14 bits per heavy atom. The van der Waals surface area contributed by atoms with Gasteiger partial charge in [-0.2, -0.15) is 10.2 Å². The summed E-state index contributed by atoms with van der Waals surface area (Å²) in [5.41, 5.74) is 8.31. The van der Waals surface area contributed by atoms with Gasteiger partial charge in [-0.1, -0.05) is 61.5 Å². The summed E-state index contributed by atoms with van der Waals surface area (Å²) in [6.07, 6.45) is 4.13. The lowest BCUT2D eigenvalue weighted by atomic mass is 10.1. The van der Waals surface area contributed by atoms with Gasteiger partial charge < -0.3 is 0 Å². The molecule has 2 aromatic heterocycles. The molecule has 1 amide bonds. The Morgan fingerprint density at radius 2 is 1.90 bits per heavy atom. The fourth-order valence-electron chi connectivity index (χ4n) is 3.10. The van der Waals surface area contributed by atoms with Crippen LogP contribution in [0.5, 0.6) is 0 Å². The minimum atomic E-state index is -0.349. The average Bonchev–Trinajstić information content (AvgIpc) is 3.19. The molecule has 0 atom stereocenters. The molecule has 6 heteroatoms. The van der Waals surface area contributed by atoms with Gasteiger partial charge in [-0.15, -0.1) is 0 Å². The molecule has 4 aromatic rings. The van der Waals surface area contributed by atoms with Crippen molar-refractivity contribution in [2.75, 3.05) is 0 Å². The molecule has 0 bridgehead atoms. The third-order valence-corrected chi connectivity index (χ3v) is 4.73.